The minimum atomic E-state index is -0.695. The number of anilines is 1. The van der Waals surface area contributed by atoms with Crippen molar-refractivity contribution in [3.8, 4) is 10.6 Å². The first-order chi connectivity index (χ1) is 13.3. The predicted octanol–water partition coefficient (Wildman–Crippen LogP) is 3.21. The minimum Gasteiger partial charge on any atom is -0.451 e. The van der Waals surface area contributed by atoms with E-state index in [0.717, 1.165) is 22.7 Å². The van der Waals surface area contributed by atoms with E-state index in [1.165, 1.54) is 18.2 Å². The summed E-state index contributed by atoms with van der Waals surface area (Å²) in [5.41, 5.74) is 6.52. The van der Waals surface area contributed by atoms with E-state index in [2.05, 4.69) is 10.3 Å². The Kier molecular flexibility index (Phi) is 5.81. The number of amides is 2. The van der Waals surface area contributed by atoms with Gasteiger partial charge in [-0.05, 0) is 42.6 Å². The van der Waals surface area contributed by atoms with E-state index >= 15 is 0 Å². The summed E-state index contributed by atoms with van der Waals surface area (Å²) in [4.78, 5) is 40.1. The molecule has 0 aliphatic heterocycles. The van der Waals surface area contributed by atoms with E-state index in [0.29, 0.717) is 21.3 Å². The summed E-state index contributed by atoms with van der Waals surface area (Å²) < 4.78 is 18.1. The number of carbonyl (C=O) groups is 3. The Balaban J connectivity index is 1.63. The summed E-state index contributed by atoms with van der Waals surface area (Å²) in [5, 5.41) is 4.93. The molecule has 3 rings (SSSR count). The first-order valence-electron chi connectivity index (χ1n) is 7.93. The van der Waals surface area contributed by atoms with Crippen LogP contribution in [-0.2, 0) is 9.53 Å². The topological polar surface area (TPSA) is 111 Å². The number of aryl methyl sites for hydroxylation is 1. The lowest BCUT2D eigenvalue weighted by Gasteiger charge is -2.05. The van der Waals surface area contributed by atoms with Crippen molar-refractivity contribution in [2.75, 3.05) is 11.9 Å². The van der Waals surface area contributed by atoms with Gasteiger partial charge in [-0.2, -0.15) is 0 Å². The Morgan fingerprint density at radius 3 is 2.61 bits per heavy atom. The first kappa shape index (κ1) is 19.6. The summed E-state index contributed by atoms with van der Waals surface area (Å²) in [6, 6.07) is 7.23. The van der Waals surface area contributed by atoms with Crippen molar-refractivity contribution < 1.29 is 23.5 Å². The molecule has 2 aromatic heterocycles. The van der Waals surface area contributed by atoms with Gasteiger partial charge in [0.15, 0.2) is 6.61 Å². The number of nitrogens with zero attached hydrogens (tertiary/aromatic N) is 1. The Morgan fingerprint density at radius 2 is 1.93 bits per heavy atom. The maximum atomic E-state index is 13.0. The number of thiazole rings is 1. The average Bonchev–Trinajstić information content (AvgIpc) is 3.27. The van der Waals surface area contributed by atoms with Gasteiger partial charge in [-0.3, -0.25) is 9.59 Å². The molecule has 0 fully saturated rings. The zero-order valence-corrected chi connectivity index (χ0v) is 16.2. The maximum absolute atomic E-state index is 13.0. The number of hydrogen-bond donors (Lipinski definition) is 2. The van der Waals surface area contributed by atoms with Gasteiger partial charge in [0, 0.05) is 5.56 Å². The SMILES string of the molecule is Cc1nc(-c2ccc(F)cc2)sc1C(=O)OCC(=O)Nc1sccc1C(N)=O. The van der Waals surface area contributed by atoms with Gasteiger partial charge < -0.3 is 15.8 Å². The molecule has 10 heteroatoms. The molecule has 0 radical (unpaired) electrons. The molecule has 7 nitrogen and oxygen atoms in total. The molecule has 0 aliphatic rings. The molecule has 1 aromatic carbocycles. The molecule has 0 spiro atoms. The predicted molar refractivity (Wildman–Crippen MR) is 104 cm³/mol. The molecule has 3 aromatic rings. The lowest BCUT2D eigenvalue weighted by molar-refractivity contribution is -0.119. The van der Waals surface area contributed by atoms with Crippen molar-refractivity contribution in [3.05, 3.63) is 57.7 Å². The molecule has 0 atom stereocenters. The highest BCUT2D eigenvalue weighted by atomic mass is 32.1. The number of primary amides is 1. The summed E-state index contributed by atoms with van der Waals surface area (Å²) in [6.45, 7) is 1.11. The standard InChI is InChI=1S/C18H14FN3O4S2/c1-9-14(28-16(21-9)10-2-4-11(19)5-3-10)18(25)26-8-13(23)22-17-12(15(20)24)6-7-27-17/h2-7H,8H2,1H3,(H2,20,24)(H,22,23). The maximum Gasteiger partial charge on any atom is 0.350 e. The Labute approximate surface area is 167 Å². The molecule has 28 heavy (non-hydrogen) atoms. The molecule has 0 saturated carbocycles. The van der Waals surface area contributed by atoms with Crippen LogP contribution in [0.5, 0.6) is 0 Å². The number of rotatable bonds is 6. The molecule has 144 valence electrons. The third-order valence-corrected chi connectivity index (χ3v) is 5.61. The van der Waals surface area contributed by atoms with Crippen LogP contribution in [0.2, 0.25) is 0 Å². The molecular formula is C18H14FN3O4S2. The molecule has 2 heterocycles. The number of benzene rings is 1. The number of ether oxygens (including phenoxy) is 1. The summed E-state index contributed by atoms with van der Waals surface area (Å²) in [7, 11) is 0. The molecule has 0 aliphatic carbocycles. The van der Waals surface area contributed by atoms with Crippen LogP contribution in [0.3, 0.4) is 0 Å². The van der Waals surface area contributed by atoms with Crippen LogP contribution in [0.1, 0.15) is 25.7 Å². The zero-order chi connectivity index (χ0) is 20.3. The van der Waals surface area contributed by atoms with E-state index in [4.69, 9.17) is 10.5 Å². The van der Waals surface area contributed by atoms with Crippen molar-refractivity contribution in [2.45, 2.75) is 6.92 Å². The van der Waals surface area contributed by atoms with Gasteiger partial charge >= 0.3 is 5.97 Å². The van der Waals surface area contributed by atoms with E-state index < -0.39 is 24.4 Å². The van der Waals surface area contributed by atoms with E-state index in [9.17, 15) is 18.8 Å². The fraction of sp³-hybridized carbons (Fsp3) is 0.111. The molecule has 0 unspecified atom stereocenters. The third-order valence-electron chi connectivity index (χ3n) is 3.59. The van der Waals surface area contributed by atoms with Crippen molar-refractivity contribution >= 4 is 45.5 Å². The third kappa shape index (κ3) is 4.41. The smallest absolute Gasteiger partial charge is 0.350 e. The van der Waals surface area contributed by atoms with Crippen molar-refractivity contribution in [1.82, 2.24) is 4.98 Å². The molecule has 0 bridgehead atoms. The van der Waals surface area contributed by atoms with Crippen LogP contribution in [0, 0.1) is 12.7 Å². The summed E-state index contributed by atoms with van der Waals surface area (Å²) >= 11 is 2.22. The van der Waals surface area contributed by atoms with Gasteiger partial charge in [0.2, 0.25) is 0 Å². The number of nitrogens with one attached hydrogen (secondary N) is 1. The highest BCUT2D eigenvalue weighted by Gasteiger charge is 2.19. The molecule has 2 amide bonds. The first-order valence-corrected chi connectivity index (χ1v) is 9.62. The molecule has 0 saturated heterocycles. The largest absolute Gasteiger partial charge is 0.451 e. The quantitative estimate of drug-likeness (QED) is 0.596. The van der Waals surface area contributed by atoms with E-state index in [-0.39, 0.29) is 16.3 Å². The number of thiophene rings is 1. The van der Waals surface area contributed by atoms with Gasteiger partial charge in [0.1, 0.15) is 20.7 Å². The number of hydrogen-bond acceptors (Lipinski definition) is 7. The second-order valence-corrected chi connectivity index (χ2v) is 7.51. The monoisotopic (exact) mass is 419 g/mol. The minimum absolute atomic E-state index is 0.187. The number of carbonyl (C=O) groups excluding carboxylic acids is 3. The van der Waals surface area contributed by atoms with Gasteiger partial charge in [-0.25, -0.2) is 14.2 Å². The van der Waals surface area contributed by atoms with Crippen molar-refractivity contribution in [3.63, 3.8) is 0 Å². The Morgan fingerprint density at radius 1 is 1.21 bits per heavy atom. The fourth-order valence-corrected chi connectivity index (χ4v) is 4.04. The number of halogens is 1. The lowest BCUT2D eigenvalue weighted by atomic mass is 10.2. The van der Waals surface area contributed by atoms with Crippen LogP contribution >= 0.6 is 22.7 Å². The second kappa shape index (κ2) is 8.28. The lowest BCUT2D eigenvalue weighted by Crippen LogP contribution is -2.22. The van der Waals surface area contributed by atoms with Gasteiger partial charge in [-0.15, -0.1) is 22.7 Å². The Bertz CT molecular complexity index is 1040. The Hall–Kier alpha value is -3.11. The van der Waals surface area contributed by atoms with Gasteiger partial charge in [0.25, 0.3) is 11.8 Å². The number of esters is 1. The van der Waals surface area contributed by atoms with Gasteiger partial charge in [-0.1, -0.05) is 0 Å². The number of aromatic nitrogens is 1. The van der Waals surface area contributed by atoms with Crippen molar-refractivity contribution in [2.24, 2.45) is 5.73 Å². The fourth-order valence-electron chi connectivity index (χ4n) is 2.26. The molecular weight excluding hydrogens is 405 g/mol. The average molecular weight is 419 g/mol. The van der Waals surface area contributed by atoms with Crippen LogP contribution in [-0.4, -0.2) is 29.4 Å². The summed E-state index contributed by atoms with van der Waals surface area (Å²) in [6.07, 6.45) is 0. The van der Waals surface area contributed by atoms with Crippen LogP contribution in [0.25, 0.3) is 10.6 Å². The highest BCUT2D eigenvalue weighted by Crippen LogP contribution is 2.28. The highest BCUT2D eigenvalue weighted by molar-refractivity contribution is 7.17. The van der Waals surface area contributed by atoms with Crippen LogP contribution in [0.4, 0.5) is 9.39 Å². The zero-order valence-electron chi connectivity index (χ0n) is 14.5. The normalized spacial score (nSPS) is 10.5. The van der Waals surface area contributed by atoms with Gasteiger partial charge in [0.05, 0.1) is 11.3 Å². The van der Waals surface area contributed by atoms with Crippen LogP contribution < -0.4 is 11.1 Å². The van der Waals surface area contributed by atoms with E-state index in [1.54, 1.807) is 24.4 Å². The van der Waals surface area contributed by atoms with E-state index in [1.807, 2.05) is 0 Å². The second-order valence-electron chi connectivity index (χ2n) is 5.59. The van der Waals surface area contributed by atoms with Crippen LogP contribution in [0.15, 0.2) is 35.7 Å². The van der Waals surface area contributed by atoms with Crippen molar-refractivity contribution in [1.29, 1.82) is 0 Å². The number of nitrogens with two attached hydrogens (primary N) is 1. The molecule has 3 N–H and O–H groups in total. The summed E-state index contributed by atoms with van der Waals surface area (Å²) in [5.74, 6) is -2.32.